The molecule has 0 aliphatic carbocycles. The van der Waals surface area contributed by atoms with Crippen molar-refractivity contribution in [1.29, 1.82) is 0 Å². The van der Waals surface area contributed by atoms with Crippen LogP contribution in [0, 0.1) is 11.6 Å². The summed E-state index contributed by atoms with van der Waals surface area (Å²) in [7, 11) is 1.67. The van der Waals surface area contributed by atoms with Crippen LogP contribution >= 0.6 is 0 Å². The highest BCUT2D eigenvalue weighted by atomic mass is 19.1. The highest BCUT2D eigenvalue weighted by Gasteiger charge is 2.30. The first kappa shape index (κ1) is 12.6. The van der Waals surface area contributed by atoms with Crippen molar-refractivity contribution in [2.24, 2.45) is 7.05 Å². The molecule has 1 aliphatic rings. The molecule has 0 bridgehead atoms. The standard InChI is InChI=1S/C13H11F2N3O2/c1-17-4-2-7-9(17)6-8(14)12(11(7)15)18-5-3-10(19)16-13(18)20/h2,4,6H,3,5H2,1H3,(H,16,19,20). The predicted molar refractivity (Wildman–Crippen MR) is 68.3 cm³/mol. The van der Waals surface area contributed by atoms with Gasteiger partial charge in [-0.25, -0.2) is 13.6 Å². The maximum absolute atomic E-state index is 14.4. The number of benzene rings is 1. The van der Waals surface area contributed by atoms with Gasteiger partial charge in [-0.3, -0.25) is 15.0 Å². The number of urea groups is 1. The minimum absolute atomic E-state index is 0.0114. The van der Waals surface area contributed by atoms with E-state index in [9.17, 15) is 18.4 Å². The molecule has 1 aromatic heterocycles. The van der Waals surface area contributed by atoms with Crippen LogP contribution in [-0.4, -0.2) is 23.1 Å². The molecule has 3 amide bonds. The minimum atomic E-state index is -0.832. The first-order valence-electron chi connectivity index (χ1n) is 6.03. The summed E-state index contributed by atoms with van der Waals surface area (Å²) in [5, 5.41) is 2.28. The second-order valence-electron chi connectivity index (χ2n) is 4.64. The molecule has 0 atom stereocenters. The number of imide groups is 1. The summed E-state index contributed by atoms with van der Waals surface area (Å²) in [5.74, 6) is -2.08. The number of anilines is 1. The number of aromatic nitrogens is 1. The van der Waals surface area contributed by atoms with Crippen molar-refractivity contribution in [1.82, 2.24) is 9.88 Å². The first-order chi connectivity index (χ1) is 9.49. The van der Waals surface area contributed by atoms with Crippen LogP contribution < -0.4 is 10.2 Å². The van der Waals surface area contributed by atoms with Crippen molar-refractivity contribution >= 4 is 28.5 Å². The molecule has 1 aliphatic heterocycles. The number of carbonyl (C=O) groups is 2. The van der Waals surface area contributed by atoms with E-state index in [1.54, 1.807) is 17.8 Å². The molecule has 2 heterocycles. The van der Waals surface area contributed by atoms with Gasteiger partial charge in [0.25, 0.3) is 0 Å². The lowest BCUT2D eigenvalue weighted by Gasteiger charge is -2.27. The Balaban J connectivity index is 2.16. The maximum Gasteiger partial charge on any atom is 0.328 e. The van der Waals surface area contributed by atoms with Gasteiger partial charge in [-0.1, -0.05) is 0 Å². The summed E-state index contributed by atoms with van der Waals surface area (Å²) in [6, 6.07) is 1.88. The Kier molecular flexibility index (Phi) is 2.70. The summed E-state index contributed by atoms with van der Waals surface area (Å²) in [6.45, 7) is -0.0448. The van der Waals surface area contributed by atoms with E-state index in [2.05, 4.69) is 0 Å². The number of rotatable bonds is 1. The maximum atomic E-state index is 14.4. The summed E-state index contributed by atoms with van der Waals surface area (Å²) in [5.41, 5.74) is -0.0223. The second-order valence-corrected chi connectivity index (χ2v) is 4.64. The monoisotopic (exact) mass is 279 g/mol. The van der Waals surface area contributed by atoms with Gasteiger partial charge in [0, 0.05) is 37.7 Å². The van der Waals surface area contributed by atoms with Gasteiger partial charge in [0.2, 0.25) is 5.91 Å². The van der Waals surface area contributed by atoms with Gasteiger partial charge in [-0.05, 0) is 6.07 Å². The quantitative estimate of drug-likeness (QED) is 0.867. The largest absolute Gasteiger partial charge is 0.350 e. The Labute approximate surface area is 112 Å². The molecule has 1 N–H and O–H groups in total. The van der Waals surface area contributed by atoms with Crippen molar-refractivity contribution < 1.29 is 18.4 Å². The Bertz CT molecular complexity index is 739. The first-order valence-corrected chi connectivity index (χ1v) is 6.03. The Morgan fingerprint density at radius 1 is 1.30 bits per heavy atom. The number of nitrogens with zero attached hydrogens (tertiary/aromatic N) is 2. The summed E-state index contributed by atoms with van der Waals surface area (Å²) < 4.78 is 30.2. The van der Waals surface area contributed by atoms with Crippen molar-refractivity contribution in [3.63, 3.8) is 0 Å². The number of aryl methyl sites for hydroxylation is 1. The van der Waals surface area contributed by atoms with Gasteiger partial charge in [0.05, 0.1) is 5.52 Å². The lowest BCUT2D eigenvalue weighted by Crippen LogP contribution is -2.50. The zero-order chi connectivity index (χ0) is 14.4. The average molecular weight is 279 g/mol. The molecule has 1 aromatic carbocycles. The van der Waals surface area contributed by atoms with E-state index in [0.29, 0.717) is 5.52 Å². The fraction of sp³-hybridized carbons (Fsp3) is 0.231. The van der Waals surface area contributed by atoms with Crippen LogP contribution in [0.1, 0.15) is 6.42 Å². The SMILES string of the molecule is Cn1ccc2c(F)c(N3CCC(=O)NC3=O)c(F)cc21. The molecule has 7 heteroatoms. The number of hydrogen-bond donors (Lipinski definition) is 1. The molecule has 0 saturated carbocycles. The van der Waals surface area contributed by atoms with Crippen LogP contribution in [0.25, 0.3) is 10.9 Å². The minimum Gasteiger partial charge on any atom is -0.350 e. The van der Waals surface area contributed by atoms with E-state index in [1.807, 2.05) is 5.32 Å². The molecule has 1 fully saturated rings. The predicted octanol–water partition coefficient (Wildman–Crippen LogP) is 1.90. The van der Waals surface area contributed by atoms with Crippen LogP contribution in [0.15, 0.2) is 18.3 Å². The summed E-state index contributed by atoms with van der Waals surface area (Å²) >= 11 is 0. The number of nitrogens with one attached hydrogen (secondary N) is 1. The van der Waals surface area contributed by atoms with Crippen molar-refractivity contribution in [3.8, 4) is 0 Å². The third-order valence-corrected chi connectivity index (χ3v) is 3.38. The summed E-state index contributed by atoms with van der Waals surface area (Å²) in [4.78, 5) is 23.7. The fourth-order valence-corrected chi connectivity index (χ4v) is 2.35. The molecular weight excluding hydrogens is 268 g/mol. The molecule has 104 valence electrons. The molecule has 20 heavy (non-hydrogen) atoms. The lowest BCUT2D eigenvalue weighted by molar-refractivity contribution is -0.120. The van der Waals surface area contributed by atoms with E-state index in [4.69, 9.17) is 0 Å². The molecule has 0 unspecified atom stereocenters. The van der Waals surface area contributed by atoms with Crippen LogP contribution in [0.2, 0.25) is 0 Å². The molecule has 2 aromatic rings. The zero-order valence-electron chi connectivity index (χ0n) is 10.6. The Hall–Kier alpha value is -2.44. The smallest absolute Gasteiger partial charge is 0.328 e. The van der Waals surface area contributed by atoms with Crippen LogP contribution in [0.4, 0.5) is 19.3 Å². The van der Waals surface area contributed by atoms with Crippen LogP contribution in [0.5, 0.6) is 0 Å². The normalized spacial score (nSPS) is 15.8. The molecule has 1 saturated heterocycles. The van der Waals surface area contributed by atoms with Gasteiger partial charge < -0.3 is 4.57 Å². The third-order valence-electron chi connectivity index (χ3n) is 3.38. The highest BCUT2D eigenvalue weighted by Crippen LogP contribution is 2.31. The van der Waals surface area contributed by atoms with Crippen LogP contribution in [0.3, 0.4) is 0 Å². The number of hydrogen-bond acceptors (Lipinski definition) is 2. The number of carbonyl (C=O) groups excluding carboxylic acids is 2. The van der Waals surface area contributed by atoms with E-state index in [1.165, 1.54) is 12.1 Å². The lowest BCUT2D eigenvalue weighted by atomic mass is 10.1. The van der Waals surface area contributed by atoms with Crippen molar-refractivity contribution in [2.45, 2.75) is 6.42 Å². The van der Waals surface area contributed by atoms with E-state index in [-0.39, 0.29) is 18.4 Å². The second kappa shape index (κ2) is 4.29. The van der Waals surface area contributed by atoms with Gasteiger partial charge in [0.1, 0.15) is 5.69 Å². The molecule has 3 rings (SSSR count). The number of fused-ring (bicyclic) bond motifs is 1. The van der Waals surface area contributed by atoms with Crippen molar-refractivity contribution in [2.75, 3.05) is 11.4 Å². The van der Waals surface area contributed by atoms with Gasteiger partial charge in [0.15, 0.2) is 11.6 Å². The van der Waals surface area contributed by atoms with E-state index in [0.717, 1.165) is 4.90 Å². The molecule has 0 radical (unpaired) electrons. The van der Waals surface area contributed by atoms with E-state index < -0.39 is 29.3 Å². The summed E-state index contributed by atoms with van der Waals surface area (Å²) in [6.07, 6.45) is 1.62. The molecular formula is C13H11F2N3O2. The van der Waals surface area contributed by atoms with Crippen LogP contribution in [-0.2, 0) is 11.8 Å². The molecule has 0 spiro atoms. The fourth-order valence-electron chi connectivity index (χ4n) is 2.35. The Morgan fingerprint density at radius 3 is 2.75 bits per heavy atom. The Morgan fingerprint density at radius 2 is 2.05 bits per heavy atom. The molecule has 5 nitrogen and oxygen atoms in total. The van der Waals surface area contributed by atoms with Crippen molar-refractivity contribution in [3.05, 3.63) is 30.0 Å². The number of halogens is 2. The zero-order valence-corrected chi connectivity index (χ0v) is 10.6. The topological polar surface area (TPSA) is 54.3 Å². The average Bonchev–Trinajstić information content (AvgIpc) is 2.74. The van der Waals surface area contributed by atoms with E-state index >= 15 is 0 Å². The van der Waals surface area contributed by atoms with Gasteiger partial charge >= 0.3 is 6.03 Å². The highest BCUT2D eigenvalue weighted by molar-refractivity contribution is 6.06. The number of amides is 3. The van der Waals surface area contributed by atoms with Gasteiger partial charge in [-0.15, -0.1) is 0 Å². The third kappa shape index (κ3) is 1.74. The van der Waals surface area contributed by atoms with Gasteiger partial charge in [-0.2, -0.15) is 0 Å².